The first-order valence-electron chi connectivity index (χ1n) is 14.2. The van der Waals surface area contributed by atoms with Gasteiger partial charge in [-0.3, -0.25) is 4.79 Å². The van der Waals surface area contributed by atoms with Gasteiger partial charge in [0.25, 0.3) is 0 Å². The van der Waals surface area contributed by atoms with Crippen LogP contribution in [0.4, 0.5) is 0 Å². The third-order valence-electron chi connectivity index (χ3n) is 11.9. The van der Waals surface area contributed by atoms with Gasteiger partial charge in [0.2, 0.25) is 0 Å². The molecule has 4 saturated carbocycles. The standard InChI is InChI=1S/C28H40N4O10/c1-13(2)25(37)19(41-18(34)15-7-6-10-31-15)26(38)21(4)12-24(36)22(25,5)28(26,39)27(42-24)17(14(3)8-9-23(21,27)35)40-16(33)11-32-20(29)30/h6-7,10,13-14,17,19,31,35-39H,8-9,11-12H2,1-5H3,(H4,29,30,32)/t14-,17+,19+,21-,22-,23-,24-,25+,26+,27+,28+/m0/s1. The summed E-state index contributed by atoms with van der Waals surface area (Å²) >= 11 is 0. The zero-order valence-corrected chi connectivity index (χ0v) is 24.2. The largest absolute Gasteiger partial charge is 0.457 e. The number of guanidine groups is 1. The molecule has 0 aromatic carbocycles. The molecule has 6 bridgehead atoms. The van der Waals surface area contributed by atoms with E-state index in [2.05, 4.69) is 9.98 Å². The number of carbonyl (C=O) groups excluding carboxylic acids is 2. The predicted molar refractivity (Wildman–Crippen MR) is 143 cm³/mol. The van der Waals surface area contributed by atoms with Crippen LogP contribution < -0.4 is 11.5 Å². The Bertz CT molecular complexity index is 1380. The molecule has 1 aromatic rings. The number of hydrogen-bond acceptors (Lipinski definition) is 11. The van der Waals surface area contributed by atoms with Crippen molar-refractivity contribution in [1.29, 1.82) is 0 Å². The van der Waals surface area contributed by atoms with Gasteiger partial charge >= 0.3 is 11.9 Å². The number of carbonyl (C=O) groups is 2. The highest BCUT2D eigenvalue weighted by atomic mass is 16.7. The van der Waals surface area contributed by atoms with E-state index in [9.17, 15) is 35.1 Å². The minimum absolute atomic E-state index is 0.0235. The molecule has 0 radical (unpaired) electrons. The van der Waals surface area contributed by atoms with Crippen molar-refractivity contribution >= 4 is 17.9 Å². The predicted octanol–water partition coefficient (Wildman–Crippen LogP) is -1.36. The number of rotatable bonds is 6. The molecule has 0 unspecified atom stereocenters. The summed E-state index contributed by atoms with van der Waals surface area (Å²) in [5, 5.41) is 64.1. The van der Waals surface area contributed by atoms with Gasteiger partial charge in [-0.05, 0) is 43.7 Å². The van der Waals surface area contributed by atoms with Crippen LogP contribution in [0, 0.1) is 22.7 Å². The van der Waals surface area contributed by atoms with E-state index < -0.39 is 93.6 Å². The SMILES string of the molecule is CC(C)[C@@]1(O)[C@@H](OC(=O)c2ccc[nH]2)[C@@]2(O)[C@@]3(C)C[C@]4(O)O[C@@]5([C@H](OC(=O)CN=C(N)N)[C@@H](C)CC[C@]35O)[C@@]2(O)[C@]14C. The Hall–Kier alpha value is -2.75. The van der Waals surface area contributed by atoms with Crippen LogP contribution in [0.2, 0.25) is 0 Å². The Morgan fingerprint density at radius 2 is 1.83 bits per heavy atom. The molecule has 2 saturated heterocycles. The van der Waals surface area contributed by atoms with Crippen molar-refractivity contribution in [3.05, 3.63) is 24.0 Å². The summed E-state index contributed by atoms with van der Waals surface area (Å²) in [6, 6.07) is 3.01. The lowest BCUT2D eigenvalue weighted by molar-refractivity contribution is -0.390. The van der Waals surface area contributed by atoms with Crippen LogP contribution in [-0.2, 0) is 19.0 Å². The molecule has 1 spiro atoms. The minimum Gasteiger partial charge on any atom is -0.457 e. The molecule has 232 valence electrons. The third-order valence-corrected chi connectivity index (χ3v) is 11.9. The van der Waals surface area contributed by atoms with Gasteiger partial charge in [-0.25, -0.2) is 9.79 Å². The van der Waals surface area contributed by atoms with Crippen molar-refractivity contribution in [2.75, 3.05) is 6.54 Å². The summed E-state index contributed by atoms with van der Waals surface area (Å²) in [6.45, 7) is 7.18. The Balaban J connectivity index is 1.62. The van der Waals surface area contributed by atoms with Crippen molar-refractivity contribution in [3.63, 3.8) is 0 Å². The first kappa shape index (κ1) is 29.3. The molecule has 11 atom stereocenters. The fourth-order valence-electron chi connectivity index (χ4n) is 10.1. The van der Waals surface area contributed by atoms with Crippen LogP contribution in [0.25, 0.3) is 0 Å². The summed E-state index contributed by atoms with van der Waals surface area (Å²) < 4.78 is 18.2. The fraction of sp³-hybridized carbons (Fsp3) is 0.750. The van der Waals surface area contributed by atoms with Crippen molar-refractivity contribution in [3.8, 4) is 0 Å². The second kappa shape index (κ2) is 8.04. The van der Waals surface area contributed by atoms with E-state index in [4.69, 9.17) is 25.7 Å². The summed E-state index contributed by atoms with van der Waals surface area (Å²) in [7, 11) is 0. The van der Waals surface area contributed by atoms with E-state index in [-0.39, 0.29) is 24.5 Å². The van der Waals surface area contributed by atoms with E-state index in [1.165, 1.54) is 26.1 Å². The molecule has 14 nitrogen and oxygen atoms in total. The average Bonchev–Trinajstić information content (AvgIpc) is 3.53. The number of aliphatic hydroxyl groups is 5. The number of nitrogens with two attached hydrogens (primary N) is 2. The van der Waals surface area contributed by atoms with Crippen LogP contribution in [0.15, 0.2) is 23.3 Å². The zero-order valence-electron chi connectivity index (χ0n) is 24.2. The van der Waals surface area contributed by atoms with Crippen LogP contribution in [-0.4, -0.2) is 101 Å². The van der Waals surface area contributed by atoms with Gasteiger partial charge in [0, 0.05) is 18.0 Å². The van der Waals surface area contributed by atoms with E-state index in [1.807, 2.05) is 0 Å². The number of esters is 2. The maximum absolute atomic E-state index is 13.4. The summed E-state index contributed by atoms with van der Waals surface area (Å²) in [4.78, 5) is 32.8. The molecule has 14 heteroatoms. The number of nitrogens with one attached hydrogen (secondary N) is 1. The van der Waals surface area contributed by atoms with Crippen molar-refractivity contribution in [1.82, 2.24) is 4.98 Å². The topological polar surface area (TPSA) is 243 Å². The summed E-state index contributed by atoms with van der Waals surface area (Å²) in [6.07, 6.45) is -1.99. The lowest BCUT2D eigenvalue weighted by Gasteiger charge is -2.60. The number of ether oxygens (including phenoxy) is 3. The Morgan fingerprint density at radius 1 is 1.17 bits per heavy atom. The first-order chi connectivity index (χ1) is 19.3. The monoisotopic (exact) mass is 592 g/mol. The lowest BCUT2D eigenvalue weighted by atomic mass is 9.52. The molecule has 10 N–H and O–H groups in total. The van der Waals surface area contributed by atoms with Crippen LogP contribution in [0.3, 0.4) is 0 Å². The van der Waals surface area contributed by atoms with E-state index >= 15 is 0 Å². The summed E-state index contributed by atoms with van der Waals surface area (Å²) in [5.41, 5.74) is -5.39. The van der Waals surface area contributed by atoms with Gasteiger partial charge in [0.15, 0.2) is 23.5 Å². The number of aromatic nitrogens is 1. The number of hydrogen-bond donors (Lipinski definition) is 8. The molecule has 6 aliphatic rings. The molecule has 3 heterocycles. The molecule has 1 aromatic heterocycles. The van der Waals surface area contributed by atoms with E-state index in [1.54, 1.807) is 26.8 Å². The quantitative estimate of drug-likeness (QED) is 0.108. The van der Waals surface area contributed by atoms with Gasteiger partial charge < -0.3 is 56.2 Å². The van der Waals surface area contributed by atoms with Crippen molar-refractivity contribution in [2.24, 2.45) is 39.1 Å². The maximum atomic E-state index is 13.4. The Kier molecular flexibility index (Phi) is 5.61. The van der Waals surface area contributed by atoms with Crippen LogP contribution >= 0.6 is 0 Å². The Morgan fingerprint density at radius 3 is 2.40 bits per heavy atom. The zero-order chi connectivity index (χ0) is 31.1. The fourth-order valence-corrected chi connectivity index (χ4v) is 10.1. The highest BCUT2D eigenvalue weighted by molar-refractivity contribution is 5.87. The Labute approximate surface area is 242 Å². The molecule has 6 fully saturated rings. The van der Waals surface area contributed by atoms with Crippen LogP contribution in [0.5, 0.6) is 0 Å². The highest BCUT2D eigenvalue weighted by Crippen LogP contribution is 2.90. The van der Waals surface area contributed by atoms with Gasteiger partial charge in [-0.15, -0.1) is 0 Å². The van der Waals surface area contributed by atoms with Crippen molar-refractivity contribution in [2.45, 2.75) is 99.9 Å². The average molecular weight is 593 g/mol. The minimum atomic E-state index is -2.72. The third kappa shape index (κ3) is 2.52. The molecular formula is C28H40N4O10. The van der Waals surface area contributed by atoms with E-state index in [0.29, 0.717) is 0 Å². The second-order valence-electron chi connectivity index (χ2n) is 13.6. The molecule has 2 aliphatic heterocycles. The van der Waals surface area contributed by atoms with Gasteiger partial charge in [-0.2, -0.15) is 0 Å². The lowest BCUT2D eigenvalue weighted by Crippen LogP contribution is -2.76. The van der Waals surface area contributed by atoms with Crippen LogP contribution in [0.1, 0.15) is 64.4 Å². The normalized spacial score (nSPS) is 51.5. The highest BCUT2D eigenvalue weighted by Gasteiger charge is 3.10. The molecule has 42 heavy (non-hydrogen) atoms. The maximum Gasteiger partial charge on any atom is 0.355 e. The first-order valence-corrected chi connectivity index (χ1v) is 14.2. The summed E-state index contributed by atoms with van der Waals surface area (Å²) in [5.74, 6) is -5.97. The number of aromatic amines is 1. The second-order valence-corrected chi connectivity index (χ2v) is 13.6. The van der Waals surface area contributed by atoms with E-state index in [0.717, 1.165) is 0 Å². The number of aliphatic imine (C=N–C) groups is 1. The number of H-pyrrole nitrogens is 1. The molecule has 7 rings (SSSR count). The van der Waals surface area contributed by atoms with Gasteiger partial charge in [0.05, 0.1) is 5.41 Å². The molecule has 0 amide bonds. The van der Waals surface area contributed by atoms with Crippen molar-refractivity contribution < 1.29 is 49.3 Å². The van der Waals surface area contributed by atoms with Gasteiger partial charge in [0.1, 0.15) is 40.7 Å². The number of nitrogens with zero attached hydrogens (tertiary/aromatic N) is 1. The van der Waals surface area contributed by atoms with Gasteiger partial charge in [-0.1, -0.05) is 27.7 Å². The smallest absolute Gasteiger partial charge is 0.355 e. The molecule has 4 aliphatic carbocycles. The molecular weight excluding hydrogens is 552 g/mol.